The molecule has 0 fully saturated rings. The standard InChI is InChI=1S/C25H28N2O/c1-18-12-14-19(15-13-18)25(28)21-9-6-11-23-24(21)20-8-4-5-10-22(20)27(23)17-7-16-26(2)3/h4-6,8-15,25,28H,7,16-17H2,1-3H3. The van der Waals surface area contributed by atoms with Crippen LogP contribution in [0.1, 0.15) is 29.2 Å². The van der Waals surface area contributed by atoms with Gasteiger partial charge in [-0.15, -0.1) is 0 Å². The number of hydrogen-bond acceptors (Lipinski definition) is 2. The zero-order valence-electron chi connectivity index (χ0n) is 16.9. The van der Waals surface area contributed by atoms with Gasteiger partial charge in [0.05, 0.1) is 0 Å². The summed E-state index contributed by atoms with van der Waals surface area (Å²) in [4.78, 5) is 2.22. The average Bonchev–Trinajstić information content (AvgIpc) is 3.02. The van der Waals surface area contributed by atoms with Crippen LogP contribution < -0.4 is 0 Å². The highest BCUT2D eigenvalue weighted by Crippen LogP contribution is 2.36. The molecule has 1 aromatic heterocycles. The molecule has 3 nitrogen and oxygen atoms in total. The Bertz CT molecular complexity index is 1090. The van der Waals surface area contributed by atoms with Gasteiger partial charge >= 0.3 is 0 Å². The minimum absolute atomic E-state index is 0.634. The van der Waals surface area contributed by atoms with Gasteiger partial charge < -0.3 is 14.6 Å². The Balaban J connectivity index is 1.86. The van der Waals surface area contributed by atoms with Crippen molar-refractivity contribution in [3.63, 3.8) is 0 Å². The summed E-state index contributed by atoms with van der Waals surface area (Å²) in [6.45, 7) is 4.09. The minimum Gasteiger partial charge on any atom is -0.384 e. The molecule has 1 atom stereocenters. The molecule has 0 saturated carbocycles. The van der Waals surface area contributed by atoms with Crippen molar-refractivity contribution in [1.29, 1.82) is 0 Å². The van der Waals surface area contributed by atoms with Gasteiger partial charge in [0, 0.05) is 28.4 Å². The molecule has 0 amide bonds. The summed E-state index contributed by atoms with van der Waals surface area (Å²) in [6, 6.07) is 23.0. The van der Waals surface area contributed by atoms with Crippen LogP contribution in [0.2, 0.25) is 0 Å². The van der Waals surface area contributed by atoms with Gasteiger partial charge in [0.15, 0.2) is 0 Å². The van der Waals surface area contributed by atoms with Gasteiger partial charge in [-0.05, 0) is 57.2 Å². The molecule has 1 heterocycles. The van der Waals surface area contributed by atoms with Gasteiger partial charge in [-0.25, -0.2) is 0 Å². The topological polar surface area (TPSA) is 28.4 Å². The van der Waals surface area contributed by atoms with Crippen molar-refractivity contribution in [2.75, 3.05) is 20.6 Å². The zero-order valence-corrected chi connectivity index (χ0v) is 16.9. The molecule has 0 bridgehead atoms. The molecule has 3 heteroatoms. The number of aliphatic hydroxyl groups is 1. The zero-order chi connectivity index (χ0) is 19.7. The van der Waals surface area contributed by atoms with E-state index in [-0.39, 0.29) is 0 Å². The summed E-state index contributed by atoms with van der Waals surface area (Å²) in [6.07, 6.45) is 0.455. The second kappa shape index (κ2) is 7.78. The van der Waals surface area contributed by atoms with Crippen molar-refractivity contribution in [3.8, 4) is 0 Å². The van der Waals surface area contributed by atoms with Gasteiger partial charge in [0.2, 0.25) is 0 Å². The third-order valence-electron chi connectivity index (χ3n) is 5.50. The molecule has 0 spiro atoms. The second-order valence-corrected chi connectivity index (χ2v) is 7.88. The number of para-hydroxylation sites is 1. The molecule has 4 aromatic rings. The molecule has 28 heavy (non-hydrogen) atoms. The van der Waals surface area contributed by atoms with Crippen LogP contribution in [0.4, 0.5) is 0 Å². The van der Waals surface area contributed by atoms with Crippen LogP contribution in [0.25, 0.3) is 21.8 Å². The van der Waals surface area contributed by atoms with Crippen molar-refractivity contribution in [3.05, 3.63) is 83.4 Å². The highest BCUT2D eigenvalue weighted by Gasteiger charge is 2.19. The molecular formula is C25H28N2O. The highest BCUT2D eigenvalue weighted by molar-refractivity contribution is 6.10. The molecule has 0 aliphatic carbocycles. The maximum Gasteiger partial charge on any atom is 0.105 e. The molecule has 0 radical (unpaired) electrons. The van der Waals surface area contributed by atoms with E-state index in [0.29, 0.717) is 0 Å². The predicted molar refractivity (Wildman–Crippen MR) is 118 cm³/mol. The molecule has 4 rings (SSSR count). The van der Waals surface area contributed by atoms with Crippen molar-refractivity contribution in [1.82, 2.24) is 9.47 Å². The summed E-state index contributed by atoms with van der Waals surface area (Å²) in [5.41, 5.74) is 5.54. The van der Waals surface area contributed by atoms with Gasteiger partial charge in [0.25, 0.3) is 0 Å². The van der Waals surface area contributed by atoms with Gasteiger partial charge in [-0.2, -0.15) is 0 Å². The molecule has 1 N–H and O–H groups in total. The first-order valence-corrected chi connectivity index (χ1v) is 9.95. The number of aliphatic hydroxyl groups excluding tert-OH is 1. The highest BCUT2D eigenvalue weighted by atomic mass is 16.3. The van der Waals surface area contributed by atoms with Crippen LogP contribution in [0.5, 0.6) is 0 Å². The third kappa shape index (κ3) is 3.44. The van der Waals surface area contributed by atoms with E-state index < -0.39 is 6.10 Å². The molecule has 144 valence electrons. The summed E-state index contributed by atoms with van der Waals surface area (Å²) >= 11 is 0. The first kappa shape index (κ1) is 18.7. The van der Waals surface area contributed by atoms with E-state index in [4.69, 9.17) is 0 Å². The lowest BCUT2D eigenvalue weighted by Gasteiger charge is -2.14. The van der Waals surface area contributed by atoms with E-state index in [0.717, 1.165) is 36.0 Å². The van der Waals surface area contributed by atoms with E-state index in [1.165, 1.54) is 22.0 Å². The molecule has 0 aliphatic rings. The lowest BCUT2D eigenvalue weighted by Crippen LogP contribution is -2.15. The smallest absolute Gasteiger partial charge is 0.105 e. The average molecular weight is 373 g/mol. The summed E-state index contributed by atoms with van der Waals surface area (Å²) in [7, 11) is 4.23. The lowest BCUT2D eigenvalue weighted by molar-refractivity contribution is 0.222. The molecule has 3 aromatic carbocycles. The summed E-state index contributed by atoms with van der Waals surface area (Å²) in [5, 5.41) is 13.6. The first-order chi connectivity index (χ1) is 13.6. The Hall–Kier alpha value is -2.62. The number of fused-ring (bicyclic) bond motifs is 3. The number of hydrogen-bond donors (Lipinski definition) is 1. The second-order valence-electron chi connectivity index (χ2n) is 7.88. The molecular weight excluding hydrogens is 344 g/mol. The number of rotatable bonds is 6. The Morgan fingerprint density at radius 2 is 1.61 bits per heavy atom. The summed E-state index contributed by atoms with van der Waals surface area (Å²) in [5.74, 6) is 0. The van der Waals surface area contributed by atoms with Gasteiger partial charge in [0.1, 0.15) is 6.10 Å². The van der Waals surface area contributed by atoms with Crippen molar-refractivity contribution >= 4 is 21.8 Å². The fourth-order valence-corrected chi connectivity index (χ4v) is 4.07. The lowest BCUT2D eigenvalue weighted by atomic mass is 9.96. The fraction of sp³-hybridized carbons (Fsp3) is 0.280. The van der Waals surface area contributed by atoms with Crippen molar-refractivity contribution in [2.24, 2.45) is 0 Å². The maximum absolute atomic E-state index is 11.2. The minimum atomic E-state index is -0.634. The normalized spacial score (nSPS) is 12.9. The third-order valence-corrected chi connectivity index (χ3v) is 5.50. The van der Waals surface area contributed by atoms with E-state index in [1.807, 2.05) is 12.1 Å². The van der Waals surface area contributed by atoms with E-state index in [2.05, 4.69) is 85.1 Å². The monoisotopic (exact) mass is 372 g/mol. The summed E-state index contributed by atoms with van der Waals surface area (Å²) < 4.78 is 2.40. The molecule has 0 aliphatic heterocycles. The predicted octanol–water partition coefficient (Wildman–Crippen LogP) is 5.14. The Kier molecular flexibility index (Phi) is 5.21. The Labute approximate surface area is 166 Å². The molecule has 1 unspecified atom stereocenters. The molecule has 0 saturated heterocycles. The quantitative estimate of drug-likeness (QED) is 0.508. The van der Waals surface area contributed by atoms with Crippen LogP contribution >= 0.6 is 0 Å². The van der Waals surface area contributed by atoms with Gasteiger partial charge in [-0.3, -0.25) is 0 Å². The van der Waals surface area contributed by atoms with Crippen LogP contribution in [-0.4, -0.2) is 35.2 Å². The van der Waals surface area contributed by atoms with Crippen LogP contribution in [0, 0.1) is 6.92 Å². The van der Waals surface area contributed by atoms with E-state index in [9.17, 15) is 5.11 Å². The largest absolute Gasteiger partial charge is 0.384 e. The Morgan fingerprint density at radius 1 is 0.893 bits per heavy atom. The number of aryl methyl sites for hydroxylation is 2. The fourth-order valence-electron chi connectivity index (χ4n) is 4.07. The van der Waals surface area contributed by atoms with E-state index >= 15 is 0 Å². The SMILES string of the molecule is Cc1ccc(C(O)c2cccc3c2c2ccccc2n3CCCN(C)C)cc1. The van der Waals surface area contributed by atoms with Crippen LogP contribution in [0.15, 0.2) is 66.7 Å². The van der Waals surface area contributed by atoms with E-state index in [1.54, 1.807) is 0 Å². The van der Waals surface area contributed by atoms with Crippen molar-refractivity contribution < 1.29 is 5.11 Å². The van der Waals surface area contributed by atoms with Crippen LogP contribution in [-0.2, 0) is 6.54 Å². The van der Waals surface area contributed by atoms with Crippen molar-refractivity contribution in [2.45, 2.75) is 26.0 Å². The number of benzene rings is 3. The van der Waals surface area contributed by atoms with Crippen LogP contribution in [0.3, 0.4) is 0 Å². The first-order valence-electron chi connectivity index (χ1n) is 9.95. The van der Waals surface area contributed by atoms with Gasteiger partial charge in [-0.1, -0.05) is 60.2 Å². The number of aromatic nitrogens is 1. The Morgan fingerprint density at radius 3 is 2.36 bits per heavy atom. The number of nitrogens with zero attached hydrogens (tertiary/aromatic N) is 2. The maximum atomic E-state index is 11.2.